The van der Waals surface area contributed by atoms with Crippen molar-refractivity contribution >= 4 is 17.4 Å². The van der Waals surface area contributed by atoms with Crippen molar-refractivity contribution in [2.45, 2.75) is 6.54 Å². The molecular weight excluding hydrogens is 289 g/mol. The van der Waals surface area contributed by atoms with Gasteiger partial charge in [0.2, 0.25) is 0 Å². The molecule has 0 saturated carbocycles. The van der Waals surface area contributed by atoms with Crippen molar-refractivity contribution in [2.24, 2.45) is 0 Å². The number of anilines is 1. The summed E-state index contributed by atoms with van der Waals surface area (Å²) in [6.07, 6.45) is 0. The molecule has 0 radical (unpaired) electrons. The summed E-state index contributed by atoms with van der Waals surface area (Å²) >= 11 is 6.13. The molecule has 0 bridgehead atoms. The van der Waals surface area contributed by atoms with Gasteiger partial charge < -0.3 is 5.73 Å². The largest absolute Gasteiger partial charge is 0.384 e. The fraction of sp³-hybridized carbons (Fsp3) is 0.0625. The lowest BCUT2D eigenvalue weighted by molar-refractivity contribution is 0.629. The first-order valence-corrected chi connectivity index (χ1v) is 6.84. The minimum absolute atomic E-state index is 0.320. The topological polar surface area (TPSA) is 43.8 Å². The third-order valence-corrected chi connectivity index (χ3v) is 3.61. The Kier molecular flexibility index (Phi) is 3.62. The van der Waals surface area contributed by atoms with E-state index < -0.39 is 0 Å². The summed E-state index contributed by atoms with van der Waals surface area (Å²) in [5.74, 6) is 0.146. The molecule has 0 amide bonds. The third kappa shape index (κ3) is 2.76. The molecule has 3 rings (SSSR count). The van der Waals surface area contributed by atoms with Crippen LogP contribution in [0.25, 0.3) is 11.3 Å². The van der Waals surface area contributed by atoms with E-state index >= 15 is 0 Å². The van der Waals surface area contributed by atoms with E-state index in [0.717, 1.165) is 5.56 Å². The second-order valence-corrected chi connectivity index (χ2v) is 5.09. The van der Waals surface area contributed by atoms with Crippen LogP contribution in [0.15, 0.2) is 54.6 Å². The van der Waals surface area contributed by atoms with E-state index in [1.165, 1.54) is 6.07 Å². The molecule has 3 nitrogen and oxygen atoms in total. The van der Waals surface area contributed by atoms with Crippen molar-refractivity contribution in [2.75, 3.05) is 5.73 Å². The normalized spacial score (nSPS) is 10.8. The highest BCUT2D eigenvalue weighted by atomic mass is 35.5. The van der Waals surface area contributed by atoms with Crippen molar-refractivity contribution in [3.05, 3.63) is 71.0 Å². The highest BCUT2D eigenvalue weighted by Gasteiger charge is 2.11. The second kappa shape index (κ2) is 5.58. The van der Waals surface area contributed by atoms with Gasteiger partial charge in [0.1, 0.15) is 11.6 Å². The number of rotatable bonds is 3. The van der Waals surface area contributed by atoms with Crippen molar-refractivity contribution in [1.29, 1.82) is 0 Å². The monoisotopic (exact) mass is 301 g/mol. The van der Waals surface area contributed by atoms with Crippen molar-refractivity contribution in [3.63, 3.8) is 0 Å². The maximum atomic E-state index is 13.8. The van der Waals surface area contributed by atoms with Gasteiger partial charge in [-0.1, -0.05) is 41.9 Å². The molecule has 1 heterocycles. The lowest BCUT2D eigenvalue weighted by Crippen LogP contribution is -2.06. The number of hydrogen-bond acceptors (Lipinski definition) is 2. The maximum absolute atomic E-state index is 13.8. The predicted octanol–water partition coefficient (Wildman–Crippen LogP) is 3.97. The van der Waals surface area contributed by atoms with Crippen LogP contribution in [-0.4, -0.2) is 9.78 Å². The third-order valence-electron chi connectivity index (χ3n) is 3.24. The van der Waals surface area contributed by atoms with Gasteiger partial charge in [-0.15, -0.1) is 0 Å². The lowest BCUT2D eigenvalue weighted by atomic mass is 10.1. The van der Waals surface area contributed by atoms with E-state index in [0.29, 0.717) is 28.6 Å². The summed E-state index contributed by atoms with van der Waals surface area (Å²) in [7, 11) is 0. The van der Waals surface area contributed by atoms with Crippen LogP contribution in [0.1, 0.15) is 5.56 Å². The zero-order valence-electron chi connectivity index (χ0n) is 11.1. The molecule has 1 aromatic heterocycles. The van der Waals surface area contributed by atoms with Crippen LogP contribution in [0.3, 0.4) is 0 Å². The summed E-state index contributed by atoms with van der Waals surface area (Å²) in [6.45, 7) is 0.444. The molecule has 2 N–H and O–H groups in total. The van der Waals surface area contributed by atoms with Crippen LogP contribution in [0.2, 0.25) is 5.02 Å². The first kappa shape index (κ1) is 13.6. The quantitative estimate of drug-likeness (QED) is 0.795. The van der Waals surface area contributed by atoms with Gasteiger partial charge in [-0.3, -0.25) is 0 Å². The van der Waals surface area contributed by atoms with Crippen LogP contribution in [0.5, 0.6) is 0 Å². The van der Waals surface area contributed by atoms with Gasteiger partial charge in [-0.2, -0.15) is 5.10 Å². The summed E-state index contributed by atoms with van der Waals surface area (Å²) in [4.78, 5) is 0. The van der Waals surface area contributed by atoms with E-state index in [2.05, 4.69) is 5.10 Å². The Bertz CT molecular complexity index is 783. The first-order chi connectivity index (χ1) is 10.1. The van der Waals surface area contributed by atoms with Gasteiger partial charge in [0.25, 0.3) is 0 Å². The van der Waals surface area contributed by atoms with E-state index in [-0.39, 0.29) is 5.82 Å². The Morgan fingerprint density at radius 1 is 1.10 bits per heavy atom. The Balaban J connectivity index is 1.96. The highest BCUT2D eigenvalue weighted by Crippen LogP contribution is 2.24. The predicted molar refractivity (Wildman–Crippen MR) is 82.6 cm³/mol. The summed E-state index contributed by atoms with van der Waals surface area (Å²) < 4.78 is 15.4. The van der Waals surface area contributed by atoms with Gasteiger partial charge in [0, 0.05) is 16.7 Å². The van der Waals surface area contributed by atoms with Gasteiger partial charge in [0.15, 0.2) is 0 Å². The molecule has 106 valence electrons. The molecule has 0 aliphatic heterocycles. The summed E-state index contributed by atoms with van der Waals surface area (Å²) in [5, 5.41) is 5.02. The molecule has 0 aliphatic rings. The van der Waals surface area contributed by atoms with E-state index in [1.54, 1.807) is 28.9 Å². The Labute approximate surface area is 126 Å². The van der Waals surface area contributed by atoms with Crippen molar-refractivity contribution in [3.8, 4) is 11.3 Å². The molecule has 3 aromatic rings. The molecule has 2 aromatic carbocycles. The van der Waals surface area contributed by atoms with Crippen molar-refractivity contribution in [1.82, 2.24) is 9.78 Å². The number of halogens is 2. The molecule has 0 atom stereocenters. The van der Waals surface area contributed by atoms with E-state index in [1.807, 2.05) is 24.3 Å². The zero-order valence-corrected chi connectivity index (χ0v) is 11.9. The van der Waals surface area contributed by atoms with Gasteiger partial charge in [-0.25, -0.2) is 9.07 Å². The molecule has 21 heavy (non-hydrogen) atoms. The maximum Gasteiger partial charge on any atom is 0.132 e. The van der Waals surface area contributed by atoms with Crippen LogP contribution < -0.4 is 5.73 Å². The molecular formula is C16H13ClFN3. The Hall–Kier alpha value is -2.33. The van der Waals surface area contributed by atoms with Gasteiger partial charge in [0.05, 0.1) is 12.2 Å². The fourth-order valence-corrected chi connectivity index (χ4v) is 2.34. The van der Waals surface area contributed by atoms with Crippen LogP contribution >= 0.6 is 11.6 Å². The van der Waals surface area contributed by atoms with Crippen LogP contribution in [-0.2, 0) is 6.54 Å². The lowest BCUT2D eigenvalue weighted by Gasteiger charge is -2.06. The first-order valence-electron chi connectivity index (χ1n) is 6.47. The molecule has 0 spiro atoms. The minimum atomic E-state index is -0.320. The second-order valence-electron chi connectivity index (χ2n) is 4.68. The van der Waals surface area contributed by atoms with Crippen LogP contribution in [0, 0.1) is 5.82 Å². The van der Waals surface area contributed by atoms with Crippen molar-refractivity contribution < 1.29 is 4.39 Å². The number of hydrogen-bond donors (Lipinski definition) is 1. The fourth-order valence-electron chi connectivity index (χ4n) is 2.15. The summed E-state index contributed by atoms with van der Waals surface area (Å²) in [6, 6.07) is 15.6. The number of nitrogens with two attached hydrogens (primary N) is 1. The Morgan fingerprint density at radius 2 is 1.81 bits per heavy atom. The molecule has 5 heteroatoms. The number of benzene rings is 2. The zero-order chi connectivity index (χ0) is 14.8. The molecule has 0 aliphatic carbocycles. The molecule has 0 saturated heterocycles. The highest BCUT2D eigenvalue weighted by molar-refractivity contribution is 6.31. The van der Waals surface area contributed by atoms with Gasteiger partial charge in [-0.05, 0) is 23.8 Å². The smallest absolute Gasteiger partial charge is 0.132 e. The van der Waals surface area contributed by atoms with E-state index in [4.69, 9.17) is 17.3 Å². The standard InChI is InChI=1S/C16H13ClFN3/c17-13-7-3-1-5-11(13)10-21-16(19)9-15(20-21)12-6-2-4-8-14(12)18/h1-9H,10,19H2. The molecule has 0 unspecified atom stereocenters. The number of nitrogens with zero attached hydrogens (tertiary/aromatic N) is 2. The average Bonchev–Trinajstić information content (AvgIpc) is 2.83. The van der Waals surface area contributed by atoms with Crippen LogP contribution in [0.4, 0.5) is 10.2 Å². The van der Waals surface area contributed by atoms with Gasteiger partial charge >= 0.3 is 0 Å². The van der Waals surface area contributed by atoms with E-state index in [9.17, 15) is 4.39 Å². The minimum Gasteiger partial charge on any atom is -0.384 e. The number of aromatic nitrogens is 2. The molecule has 0 fully saturated rings. The summed E-state index contributed by atoms with van der Waals surface area (Å²) in [5.41, 5.74) is 7.82. The SMILES string of the molecule is Nc1cc(-c2ccccc2F)nn1Cc1ccccc1Cl. The number of nitrogen functional groups attached to an aromatic ring is 1. The average molecular weight is 302 g/mol. The Morgan fingerprint density at radius 3 is 2.57 bits per heavy atom.